The maximum Gasteiger partial charge on any atom is 0.276 e. The molecule has 0 bridgehead atoms. The fourth-order valence-electron chi connectivity index (χ4n) is 2.24. The molecule has 1 aliphatic heterocycles. The predicted molar refractivity (Wildman–Crippen MR) is 76.0 cm³/mol. The van der Waals surface area contributed by atoms with E-state index in [1.807, 2.05) is 0 Å². The normalized spacial score (nSPS) is 14.9. The number of anilines is 1. The average molecular weight is 284 g/mol. The molecule has 21 heavy (non-hydrogen) atoms. The van der Waals surface area contributed by atoms with Crippen molar-refractivity contribution < 1.29 is 14.1 Å². The van der Waals surface area contributed by atoms with Crippen LogP contribution in [0.4, 0.5) is 15.8 Å². The summed E-state index contributed by atoms with van der Waals surface area (Å²) in [4.78, 5) is 22.4. The van der Waals surface area contributed by atoms with E-state index in [1.165, 1.54) is 30.3 Å². The highest BCUT2D eigenvalue weighted by molar-refractivity contribution is 6.35. The monoisotopic (exact) mass is 284 g/mol. The van der Waals surface area contributed by atoms with Gasteiger partial charge in [0.2, 0.25) is 0 Å². The van der Waals surface area contributed by atoms with E-state index in [1.54, 1.807) is 18.2 Å². The van der Waals surface area contributed by atoms with E-state index in [-0.39, 0.29) is 11.3 Å². The van der Waals surface area contributed by atoms with Crippen molar-refractivity contribution in [3.8, 4) is 0 Å². The Hall–Kier alpha value is -3.02. The summed E-state index contributed by atoms with van der Waals surface area (Å²) in [5.41, 5.74) is 1.40. The van der Waals surface area contributed by atoms with Gasteiger partial charge in [0, 0.05) is 17.2 Å². The Labute approximate surface area is 118 Å². The van der Waals surface area contributed by atoms with E-state index < -0.39 is 16.6 Å². The van der Waals surface area contributed by atoms with Crippen LogP contribution in [0.5, 0.6) is 0 Å². The summed E-state index contributed by atoms with van der Waals surface area (Å²) in [6.45, 7) is 0. The van der Waals surface area contributed by atoms with Crippen LogP contribution in [-0.4, -0.2) is 10.8 Å². The minimum absolute atomic E-state index is 0.0895. The Kier molecular flexibility index (Phi) is 2.98. The maximum absolute atomic E-state index is 13.2. The second-order valence-corrected chi connectivity index (χ2v) is 4.52. The number of para-hydroxylation sites is 1. The lowest BCUT2D eigenvalue weighted by molar-refractivity contribution is -0.385. The van der Waals surface area contributed by atoms with E-state index in [9.17, 15) is 19.3 Å². The van der Waals surface area contributed by atoms with Crippen LogP contribution < -0.4 is 5.32 Å². The molecule has 0 aliphatic carbocycles. The molecule has 1 amide bonds. The SMILES string of the molecule is O=C1Nc2cc(F)ccc2C1=Cc1ccccc1[N+](=O)[O-]. The zero-order valence-electron chi connectivity index (χ0n) is 10.7. The number of carbonyl (C=O) groups is 1. The minimum Gasteiger partial charge on any atom is -0.321 e. The Balaban J connectivity index is 2.14. The molecule has 6 heteroatoms. The number of amides is 1. The molecule has 0 saturated heterocycles. The van der Waals surface area contributed by atoms with E-state index in [0.29, 0.717) is 16.8 Å². The molecule has 1 aliphatic rings. The van der Waals surface area contributed by atoms with Crippen LogP contribution in [0.2, 0.25) is 0 Å². The number of hydrogen-bond donors (Lipinski definition) is 1. The molecule has 0 fully saturated rings. The Morgan fingerprint density at radius 3 is 2.71 bits per heavy atom. The molecule has 104 valence electrons. The molecular formula is C15H9FN2O3. The quantitative estimate of drug-likeness (QED) is 0.523. The molecule has 0 spiro atoms. The van der Waals surface area contributed by atoms with Crippen molar-refractivity contribution in [2.75, 3.05) is 5.32 Å². The zero-order chi connectivity index (χ0) is 15.0. The lowest BCUT2D eigenvalue weighted by Gasteiger charge is -2.00. The third kappa shape index (κ3) is 2.27. The van der Waals surface area contributed by atoms with Crippen molar-refractivity contribution in [2.45, 2.75) is 0 Å². The molecule has 3 rings (SSSR count). The molecule has 0 saturated carbocycles. The van der Waals surface area contributed by atoms with Crippen molar-refractivity contribution in [2.24, 2.45) is 0 Å². The second kappa shape index (κ2) is 4.82. The molecular weight excluding hydrogens is 275 g/mol. The first-order valence-corrected chi connectivity index (χ1v) is 6.12. The lowest BCUT2D eigenvalue weighted by Crippen LogP contribution is -2.03. The molecule has 1 heterocycles. The second-order valence-electron chi connectivity index (χ2n) is 4.52. The number of halogens is 1. The summed E-state index contributed by atoms with van der Waals surface area (Å²) in [5.74, 6) is -0.866. The highest BCUT2D eigenvalue weighted by Gasteiger charge is 2.25. The Bertz CT molecular complexity index is 799. The van der Waals surface area contributed by atoms with Crippen LogP contribution in [0.25, 0.3) is 11.6 Å². The van der Waals surface area contributed by atoms with E-state index >= 15 is 0 Å². The summed E-state index contributed by atoms with van der Waals surface area (Å²) in [6, 6.07) is 10.1. The number of nitro groups is 1. The van der Waals surface area contributed by atoms with Crippen molar-refractivity contribution in [1.29, 1.82) is 0 Å². The highest BCUT2D eigenvalue weighted by Crippen LogP contribution is 2.34. The molecule has 2 aromatic rings. The zero-order valence-corrected chi connectivity index (χ0v) is 10.7. The van der Waals surface area contributed by atoms with Crippen molar-refractivity contribution in [3.63, 3.8) is 0 Å². The average Bonchev–Trinajstić information content (AvgIpc) is 2.74. The van der Waals surface area contributed by atoms with Gasteiger partial charge in [-0.05, 0) is 30.3 Å². The molecule has 0 aromatic heterocycles. The number of nitrogens with zero attached hydrogens (tertiary/aromatic N) is 1. The van der Waals surface area contributed by atoms with Gasteiger partial charge in [-0.3, -0.25) is 14.9 Å². The van der Waals surface area contributed by atoms with Gasteiger partial charge < -0.3 is 5.32 Å². The number of fused-ring (bicyclic) bond motifs is 1. The van der Waals surface area contributed by atoms with Gasteiger partial charge in [-0.1, -0.05) is 12.1 Å². The lowest BCUT2D eigenvalue weighted by atomic mass is 10.0. The molecule has 0 atom stereocenters. The first-order valence-electron chi connectivity index (χ1n) is 6.12. The van der Waals surface area contributed by atoms with Crippen LogP contribution in [0.15, 0.2) is 42.5 Å². The van der Waals surface area contributed by atoms with Gasteiger partial charge in [0.05, 0.1) is 16.2 Å². The van der Waals surface area contributed by atoms with E-state index in [4.69, 9.17) is 0 Å². The molecule has 0 radical (unpaired) electrons. The Morgan fingerprint density at radius 2 is 1.95 bits per heavy atom. The standard InChI is InChI=1S/C15H9FN2O3/c16-10-5-6-11-12(15(19)17-13(11)8-10)7-9-3-1-2-4-14(9)18(20)21/h1-8H,(H,17,19). The number of nitro benzene ring substituents is 1. The largest absolute Gasteiger partial charge is 0.321 e. The topological polar surface area (TPSA) is 72.2 Å². The first-order chi connectivity index (χ1) is 10.1. The summed E-state index contributed by atoms with van der Waals surface area (Å²) >= 11 is 0. The highest BCUT2D eigenvalue weighted by atomic mass is 19.1. The van der Waals surface area contributed by atoms with Crippen molar-refractivity contribution >= 4 is 28.9 Å². The fraction of sp³-hybridized carbons (Fsp3) is 0. The maximum atomic E-state index is 13.2. The molecule has 0 unspecified atom stereocenters. The van der Waals surface area contributed by atoms with E-state index in [2.05, 4.69) is 5.32 Å². The van der Waals surface area contributed by atoms with Gasteiger partial charge in [-0.15, -0.1) is 0 Å². The third-order valence-corrected chi connectivity index (χ3v) is 3.20. The summed E-state index contributed by atoms with van der Waals surface area (Å²) in [6.07, 6.45) is 1.44. The van der Waals surface area contributed by atoms with Gasteiger partial charge in [-0.25, -0.2) is 4.39 Å². The number of rotatable bonds is 2. The van der Waals surface area contributed by atoms with Crippen LogP contribution in [0.3, 0.4) is 0 Å². The van der Waals surface area contributed by atoms with E-state index in [0.717, 1.165) is 0 Å². The fourth-order valence-corrected chi connectivity index (χ4v) is 2.24. The van der Waals surface area contributed by atoms with Crippen molar-refractivity contribution in [3.05, 3.63) is 69.5 Å². The van der Waals surface area contributed by atoms with Gasteiger partial charge in [0.15, 0.2) is 0 Å². The Morgan fingerprint density at radius 1 is 1.19 bits per heavy atom. The first kappa shape index (κ1) is 13.0. The number of nitrogens with one attached hydrogen (secondary N) is 1. The van der Waals surface area contributed by atoms with Crippen molar-refractivity contribution in [1.82, 2.24) is 0 Å². The van der Waals surface area contributed by atoms with Gasteiger partial charge in [0.25, 0.3) is 11.6 Å². The number of carbonyl (C=O) groups excluding carboxylic acids is 1. The predicted octanol–water partition coefficient (Wildman–Crippen LogP) is 3.23. The summed E-state index contributed by atoms with van der Waals surface area (Å²) in [7, 11) is 0. The smallest absolute Gasteiger partial charge is 0.276 e. The third-order valence-electron chi connectivity index (χ3n) is 3.20. The van der Waals surface area contributed by atoms with Gasteiger partial charge in [-0.2, -0.15) is 0 Å². The molecule has 2 aromatic carbocycles. The van der Waals surface area contributed by atoms with Crippen LogP contribution in [0.1, 0.15) is 11.1 Å². The van der Waals surface area contributed by atoms with Crippen LogP contribution in [0, 0.1) is 15.9 Å². The number of hydrogen-bond acceptors (Lipinski definition) is 3. The van der Waals surface area contributed by atoms with Gasteiger partial charge >= 0.3 is 0 Å². The minimum atomic E-state index is -0.509. The summed E-state index contributed by atoms with van der Waals surface area (Å²) < 4.78 is 13.2. The summed E-state index contributed by atoms with van der Waals surface area (Å²) in [5, 5.41) is 13.5. The van der Waals surface area contributed by atoms with Crippen LogP contribution in [-0.2, 0) is 4.79 Å². The number of benzene rings is 2. The molecule has 1 N–H and O–H groups in total. The van der Waals surface area contributed by atoms with Crippen LogP contribution >= 0.6 is 0 Å². The van der Waals surface area contributed by atoms with Gasteiger partial charge in [0.1, 0.15) is 5.82 Å². The molecule has 5 nitrogen and oxygen atoms in total.